The summed E-state index contributed by atoms with van der Waals surface area (Å²) >= 11 is 0. The van der Waals surface area contributed by atoms with E-state index in [-0.39, 0.29) is 18.3 Å². The Labute approximate surface area is 118 Å². The van der Waals surface area contributed by atoms with Crippen LogP contribution in [0.4, 0.5) is 0 Å². The Bertz CT molecular complexity index is 228. The number of hydrogen-bond acceptors (Lipinski definition) is 2. The van der Waals surface area contributed by atoms with Crippen LogP contribution in [-0.4, -0.2) is 25.5 Å². The third kappa shape index (κ3) is 7.22. The first kappa shape index (κ1) is 17.7. The molecule has 18 heavy (non-hydrogen) atoms. The van der Waals surface area contributed by atoms with Crippen molar-refractivity contribution in [2.45, 2.75) is 46.5 Å². The van der Waals surface area contributed by atoms with E-state index in [0.29, 0.717) is 24.2 Å². The molecule has 3 nitrogen and oxygen atoms in total. The Kier molecular flexibility index (Phi) is 9.47. The molecule has 0 bridgehead atoms. The Morgan fingerprint density at radius 3 is 2.67 bits per heavy atom. The number of carbonyl (C=O) groups is 1. The molecular formula is C14H29ClN2O. The molecule has 0 saturated carbocycles. The zero-order valence-electron chi connectivity index (χ0n) is 12.0. The van der Waals surface area contributed by atoms with Gasteiger partial charge in [-0.1, -0.05) is 20.8 Å². The lowest BCUT2D eigenvalue weighted by molar-refractivity contribution is -0.122. The minimum absolute atomic E-state index is 0. The minimum Gasteiger partial charge on any atom is -0.356 e. The summed E-state index contributed by atoms with van der Waals surface area (Å²) in [5, 5.41) is 6.44. The van der Waals surface area contributed by atoms with Crippen LogP contribution in [0.15, 0.2) is 0 Å². The van der Waals surface area contributed by atoms with Crippen LogP contribution in [0.5, 0.6) is 0 Å². The average Bonchev–Trinajstić information content (AvgIpc) is 2.29. The van der Waals surface area contributed by atoms with Crippen molar-refractivity contribution in [1.82, 2.24) is 10.6 Å². The maximum atomic E-state index is 11.7. The summed E-state index contributed by atoms with van der Waals surface area (Å²) in [5.74, 6) is 2.07. The summed E-state index contributed by atoms with van der Waals surface area (Å²) < 4.78 is 0. The van der Waals surface area contributed by atoms with Gasteiger partial charge in [0, 0.05) is 13.0 Å². The molecule has 1 saturated heterocycles. The molecule has 2 unspecified atom stereocenters. The maximum Gasteiger partial charge on any atom is 0.220 e. The molecule has 108 valence electrons. The van der Waals surface area contributed by atoms with Gasteiger partial charge in [-0.2, -0.15) is 0 Å². The summed E-state index contributed by atoms with van der Waals surface area (Å²) in [5.41, 5.74) is 0. The van der Waals surface area contributed by atoms with Crippen LogP contribution in [0.2, 0.25) is 0 Å². The fourth-order valence-corrected chi connectivity index (χ4v) is 2.40. The van der Waals surface area contributed by atoms with Crippen molar-refractivity contribution in [2.24, 2.45) is 17.8 Å². The van der Waals surface area contributed by atoms with Crippen LogP contribution in [0.1, 0.15) is 46.5 Å². The first-order valence-electron chi connectivity index (χ1n) is 7.07. The topological polar surface area (TPSA) is 41.1 Å². The SMILES string of the molecule is CC(C)CCNC(=O)CC(C)C1CCCNC1.Cl. The molecule has 4 heteroatoms. The van der Waals surface area contributed by atoms with Gasteiger partial charge in [0.1, 0.15) is 0 Å². The van der Waals surface area contributed by atoms with Crippen molar-refractivity contribution in [3.8, 4) is 0 Å². The molecule has 1 rings (SSSR count). The highest BCUT2D eigenvalue weighted by Crippen LogP contribution is 2.22. The number of carbonyl (C=O) groups excluding carboxylic acids is 1. The van der Waals surface area contributed by atoms with Gasteiger partial charge < -0.3 is 10.6 Å². The molecule has 2 N–H and O–H groups in total. The fraction of sp³-hybridized carbons (Fsp3) is 0.929. The lowest BCUT2D eigenvalue weighted by atomic mass is 9.85. The summed E-state index contributed by atoms with van der Waals surface area (Å²) in [7, 11) is 0. The number of rotatable bonds is 6. The molecule has 0 aromatic carbocycles. The normalized spacial score (nSPS) is 21.2. The molecule has 1 amide bonds. The van der Waals surface area contributed by atoms with Crippen molar-refractivity contribution in [3.05, 3.63) is 0 Å². The zero-order chi connectivity index (χ0) is 12.7. The van der Waals surface area contributed by atoms with E-state index in [1.165, 1.54) is 12.8 Å². The smallest absolute Gasteiger partial charge is 0.220 e. The number of hydrogen-bond donors (Lipinski definition) is 2. The van der Waals surface area contributed by atoms with Crippen molar-refractivity contribution in [2.75, 3.05) is 19.6 Å². The second-order valence-electron chi connectivity index (χ2n) is 5.82. The Hall–Kier alpha value is -0.280. The molecule has 1 aliphatic heterocycles. The number of nitrogens with one attached hydrogen (secondary N) is 2. The molecule has 0 spiro atoms. The van der Waals surface area contributed by atoms with Crippen LogP contribution in [-0.2, 0) is 4.79 Å². The summed E-state index contributed by atoms with van der Waals surface area (Å²) in [6.45, 7) is 9.63. The van der Waals surface area contributed by atoms with Crippen LogP contribution < -0.4 is 10.6 Å². The minimum atomic E-state index is 0. The van der Waals surface area contributed by atoms with Gasteiger partial charge in [0.15, 0.2) is 0 Å². The maximum absolute atomic E-state index is 11.7. The molecule has 1 heterocycles. The van der Waals surface area contributed by atoms with Gasteiger partial charge >= 0.3 is 0 Å². The molecule has 0 aromatic rings. The van der Waals surface area contributed by atoms with Gasteiger partial charge in [0.05, 0.1) is 0 Å². The van der Waals surface area contributed by atoms with Gasteiger partial charge in [0.2, 0.25) is 5.91 Å². The fourth-order valence-electron chi connectivity index (χ4n) is 2.40. The highest BCUT2D eigenvalue weighted by atomic mass is 35.5. The molecular weight excluding hydrogens is 248 g/mol. The lowest BCUT2D eigenvalue weighted by Gasteiger charge is -2.28. The van der Waals surface area contributed by atoms with Crippen LogP contribution in [0, 0.1) is 17.8 Å². The van der Waals surface area contributed by atoms with Crippen molar-refractivity contribution in [1.29, 1.82) is 0 Å². The van der Waals surface area contributed by atoms with Gasteiger partial charge in [-0.25, -0.2) is 0 Å². The second-order valence-corrected chi connectivity index (χ2v) is 5.82. The zero-order valence-corrected chi connectivity index (χ0v) is 12.8. The van der Waals surface area contributed by atoms with Crippen LogP contribution in [0.25, 0.3) is 0 Å². The average molecular weight is 277 g/mol. The third-order valence-corrected chi connectivity index (χ3v) is 3.69. The standard InChI is InChI=1S/C14H28N2O.ClH/c1-11(2)6-8-16-14(17)9-12(3)13-5-4-7-15-10-13;/h11-13,15H,4-10H2,1-3H3,(H,16,17);1H. The van der Waals surface area contributed by atoms with Gasteiger partial charge in [-0.15, -0.1) is 12.4 Å². The number of halogens is 1. The van der Waals surface area contributed by atoms with E-state index in [1.807, 2.05) is 0 Å². The molecule has 1 fully saturated rings. The monoisotopic (exact) mass is 276 g/mol. The summed E-state index contributed by atoms with van der Waals surface area (Å²) in [6.07, 6.45) is 4.28. The molecule has 0 radical (unpaired) electrons. The van der Waals surface area contributed by atoms with Crippen LogP contribution >= 0.6 is 12.4 Å². The van der Waals surface area contributed by atoms with Gasteiger partial charge in [-0.05, 0) is 50.1 Å². The number of amides is 1. The predicted molar refractivity (Wildman–Crippen MR) is 79.1 cm³/mol. The van der Waals surface area contributed by atoms with Crippen molar-refractivity contribution >= 4 is 18.3 Å². The summed E-state index contributed by atoms with van der Waals surface area (Å²) in [4.78, 5) is 11.7. The van der Waals surface area contributed by atoms with Crippen LogP contribution in [0.3, 0.4) is 0 Å². The molecule has 0 aromatic heterocycles. The molecule has 1 aliphatic rings. The highest BCUT2D eigenvalue weighted by Gasteiger charge is 2.21. The Morgan fingerprint density at radius 2 is 2.11 bits per heavy atom. The van der Waals surface area contributed by atoms with E-state index >= 15 is 0 Å². The quantitative estimate of drug-likeness (QED) is 0.783. The highest BCUT2D eigenvalue weighted by molar-refractivity contribution is 5.85. The van der Waals surface area contributed by atoms with Gasteiger partial charge in [-0.3, -0.25) is 4.79 Å². The largest absolute Gasteiger partial charge is 0.356 e. The second kappa shape index (κ2) is 9.62. The van der Waals surface area contributed by atoms with E-state index in [4.69, 9.17) is 0 Å². The summed E-state index contributed by atoms with van der Waals surface area (Å²) in [6, 6.07) is 0. The van der Waals surface area contributed by atoms with Crippen molar-refractivity contribution < 1.29 is 4.79 Å². The first-order chi connectivity index (χ1) is 8.09. The lowest BCUT2D eigenvalue weighted by Crippen LogP contribution is -2.35. The number of piperidine rings is 1. The molecule has 0 aliphatic carbocycles. The van der Waals surface area contributed by atoms with E-state index in [9.17, 15) is 4.79 Å². The Morgan fingerprint density at radius 1 is 1.39 bits per heavy atom. The first-order valence-corrected chi connectivity index (χ1v) is 7.07. The van der Waals surface area contributed by atoms with E-state index < -0.39 is 0 Å². The van der Waals surface area contributed by atoms with E-state index in [0.717, 1.165) is 26.1 Å². The molecule has 2 atom stereocenters. The predicted octanol–water partition coefficient (Wildman–Crippen LogP) is 2.60. The Balaban J connectivity index is 0.00000289. The van der Waals surface area contributed by atoms with E-state index in [2.05, 4.69) is 31.4 Å². The third-order valence-electron chi connectivity index (χ3n) is 3.69. The van der Waals surface area contributed by atoms with Gasteiger partial charge in [0.25, 0.3) is 0 Å². The van der Waals surface area contributed by atoms with E-state index in [1.54, 1.807) is 0 Å². The van der Waals surface area contributed by atoms with Crippen molar-refractivity contribution in [3.63, 3.8) is 0 Å².